The summed E-state index contributed by atoms with van der Waals surface area (Å²) in [6.07, 6.45) is 1.62. The third-order valence-corrected chi connectivity index (χ3v) is 3.46. The number of carbonyl (C=O) groups is 2. The van der Waals surface area contributed by atoms with Crippen LogP contribution >= 0.6 is 0 Å². The maximum absolute atomic E-state index is 12.2. The topological polar surface area (TPSA) is 92.7 Å². The van der Waals surface area contributed by atoms with Crippen molar-refractivity contribution in [1.29, 1.82) is 0 Å². The Morgan fingerprint density at radius 1 is 1.38 bits per heavy atom. The largest absolute Gasteiger partial charge is 0.354 e. The molecule has 0 bridgehead atoms. The quantitative estimate of drug-likeness (QED) is 0.813. The van der Waals surface area contributed by atoms with Crippen molar-refractivity contribution in [3.05, 3.63) is 34.7 Å². The van der Waals surface area contributed by atoms with Crippen molar-refractivity contribution < 1.29 is 9.59 Å². The average Bonchev–Trinajstić information content (AvgIpc) is 2.99. The molecular formula is C14H19N5O2. The van der Waals surface area contributed by atoms with Gasteiger partial charge in [0, 0.05) is 17.8 Å². The molecule has 2 heterocycles. The van der Waals surface area contributed by atoms with Crippen LogP contribution in [0, 0.1) is 13.8 Å². The first-order chi connectivity index (χ1) is 9.95. The van der Waals surface area contributed by atoms with Crippen LogP contribution in [0.1, 0.15) is 51.8 Å². The zero-order valence-corrected chi connectivity index (χ0v) is 12.6. The number of H-pyrrole nitrogens is 1. The second-order valence-electron chi connectivity index (χ2n) is 4.90. The summed E-state index contributed by atoms with van der Waals surface area (Å²) in [6.45, 7) is 8.06. The first-order valence-electron chi connectivity index (χ1n) is 6.80. The third kappa shape index (κ3) is 2.86. The molecule has 21 heavy (non-hydrogen) atoms. The van der Waals surface area contributed by atoms with Gasteiger partial charge in [-0.05, 0) is 33.3 Å². The zero-order chi connectivity index (χ0) is 15.6. The summed E-state index contributed by atoms with van der Waals surface area (Å²) in [5.74, 6) is 0.387. The molecule has 2 aromatic heterocycles. The summed E-state index contributed by atoms with van der Waals surface area (Å²) in [4.78, 5) is 26.8. The highest BCUT2D eigenvalue weighted by Crippen LogP contribution is 2.18. The molecule has 112 valence electrons. The third-order valence-electron chi connectivity index (χ3n) is 3.46. The predicted molar refractivity (Wildman–Crippen MR) is 77.1 cm³/mol. The Bertz CT molecular complexity index is 684. The van der Waals surface area contributed by atoms with Crippen LogP contribution < -0.4 is 5.32 Å². The maximum Gasteiger partial charge on any atom is 0.268 e. The Hall–Kier alpha value is -2.44. The van der Waals surface area contributed by atoms with Gasteiger partial charge in [-0.15, -0.1) is 10.2 Å². The van der Waals surface area contributed by atoms with E-state index in [1.807, 2.05) is 11.5 Å². The molecule has 2 N–H and O–H groups in total. The van der Waals surface area contributed by atoms with E-state index in [1.165, 1.54) is 6.92 Å². The molecule has 0 saturated carbocycles. The molecule has 0 aromatic carbocycles. The highest BCUT2D eigenvalue weighted by molar-refractivity contribution is 6.02. The first kappa shape index (κ1) is 15.0. The number of hydrogen-bond donors (Lipinski definition) is 2. The van der Waals surface area contributed by atoms with Gasteiger partial charge in [-0.3, -0.25) is 9.59 Å². The number of rotatable bonds is 5. The van der Waals surface area contributed by atoms with E-state index in [9.17, 15) is 9.59 Å². The van der Waals surface area contributed by atoms with Crippen molar-refractivity contribution in [2.45, 2.75) is 40.8 Å². The molecule has 0 atom stereocenters. The number of carbonyl (C=O) groups excluding carboxylic acids is 2. The van der Waals surface area contributed by atoms with E-state index in [1.54, 1.807) is 20.2 Å². The number of Topliss-reactive ketones (excluding diaryl/α,β-unsaturated/α-hetero) is 1. The minimum absolute atomic E-state index is 0.0500. The highest BCUT2D eigenvalue weighted by atomic mass is 16.2. The van der Waals surface area contributed by atoms with Gasteiger partial charge in [0.1, 0.15) is 12.0 Å². The number of amides is 1. The molecule has 0 saturated heterocycles. The number of hydrogen-bond acceptors (Lipinski definition) is 4. The van der Waals surface area contributed by atoms with Crippen LogP contribution in [0.5, 0.6) is 0 Å². The smallest absolute Gasteiger partial charge is 0.268 e. The molecule has 7 heteroatoms. The van der Waals surface area contributed by atoms with E-state index in [4.69, 9.17) is 0 Å². The molecule has 0 spiro atoms. The normalized spacial score (nSPS) is 10.7. The van der Waals surface area contributed by atoms with Crippen LogP contribution in [0.3, 0.4) is 0 Å². The van der Waals surface area contributed by atoms with Crippen LogP contribution in [0.2, 0.25) is 0 Å². The molecule has 0 aliphatic rings. The minimum Gasteiger partial charge on any atom is -0.354 e. The van der Waals surface area contributed by atoms with Crippen molar-refractivity contribution in [3.63, 3.8) is 0 Å². The lowest BCUT2D eigenvalue weighted by atomic mass is 10.1. The van der Waals surface area contributed by atoms with Gasteiger partial charge < -0.3 is 14.9 Å². The van der Waals surface area contributed by atoms with Gasteiger partial charge in [0.2, 0.25) is 0 Å². The van der Waals surface area contributed by atoms with Gasteiger partial charge in [-0.1, -0.05) is 0 Å². The van der Waals surface area contributed by atoms with Crippen molar-refractivity contribution in [3.8, 4) is 0 Å². The molecule has 0 unspecified atom stereocenters. The fraction of sp³-hybridized carbons (Fsp3) is 0.429. The van der Waals surface area contributed by atoms with Gasteiger partial charge in [0.25, 0.3) is 5.91 Å². The summed E-state index contributed by atoms with van der Waals surface area (Å²) in [5.41, 5.74) is 2.38. The molecule has 2 rings (SSSR count). The SMILES string of the molecule is CCn1cnnc1CNC(=O)c1[nH]c(C)c(C(C)=O)c1C. The van der Waals surface area contributed by atoms with E-state index in [-0.39, 0.29) is 11.7 Å². The van der Waals surface area contributed by atoms with Gasteiger partial charge in [0.05, 0.1) is 6.54 Å². The maximum atomic E-state index is 12.2. The molecule has 0 aliphatic heterocycles. The second kappa shape index (κ2) is 5.90. The zero-order valence-electron chi connectivity index (χ0n) is 12.6. The second-order valence-corrected chi connectivity index (χ2v) is 4.90. The number of aromatic nitrogens is 4. The number of nitrogens with zero attached hydrogens (tertiary/aromatic N) is 3. The summed E-state index contributed by atoms with van der Waals surface area (Å²) in [7, 11) is 0. The van der Waals surface area contributed by atoms with Gasteiger partial charge in [-0.25, -0.2) is 0 Å². The lowest BCUT2D eigenvalue weighted by Gasteiger charge is -2.05. The van der Waals surface area contributed by atoms with Crippen LogP contribution in [-0.2, 0) is 13.1 Å². The Labute approximate surface area is 122 Å². The van der Waals surface area contributed by atoms with Gasteiger partial charge >= 0.3 is 0 Å². The fourth-order valence-electron chi connectivity index (χ4n) is 2.43. The molecule has 0 aliphatic carbocycles. The van der Waals surface area contributed by atoms with E-state index in [0.717, 1.165) is 6.54 Å². The van der Waals surface area contributed by atoms with Crippen molar-refractivity contribution in [2.24, 2.45) is 0 Å². The van der Waals surface area contributed by atoms with Crippen LogP contribution in [-0.4, -0.2) is 31.4 Å². The summed E-state index contributed by atoms with van der Waals surface area (Å²) in [6, 6.07) is 0. The summed E-state index contributed by atoms with van der Waals surface area (Å²) < 4.78 is 1.86. The molecule has 0 fully saturated rings. The van der Waals surface area contributed by atoms with Crippen molar-refractivity contribution in [1.82, 2.24) is 25.1 Å². The number of ketones is 1. The van der Waals surface area contributed by atoms with E-state index in [0.29, 0.717) is 34.9 Å². The summed E-state index contributed by atoms with van der Waals surface area (Å²) >= 11 is 0. The molecule has 0 radical (unpaired) electrons. The molecule has 7 nitrogen and oxygen atoms in total. The predicted octanol–water partition coefficient (Wildman–Crippen LogP) is 1.38. The standard InChI is InChI=1S/C14H19N5O2/c1-5-19-7-16-18-11(19)6-15-14(21)13-8(2)12(10(4)20)9(3)17-13/h7,17H,5-6H2,1-4H3,(H,15,21). The lowest BCUT2D eigenvalue weighted by Crippen LogP contribution is -2.25. The monoisotopic (exact) mass is 289 g/mol. The van der Waals surface area contributed by atoms with Crippen LogP contribution in [0.25, 0.3) is 0 Å². The first-order valence-corrected chi connectivity index (χ1v) is 6.80. The number of aryl methyl sites for hydroxylation is 2. The van der Waals surface area contributed by atoms with Gasteiger partial charge in [-0.2, -0.15) is 0 Å². The van der Waals surface area contributed by atoms with Crippen LogP contribution in [0.15, 0.2) is 6.33 Å². The summed E-state index contributed by atoms with van der Waals surface area (Å²) in [5, 5.41) is 10.6. The lowest BCUT2D eigenvalue weighted by molar-refractivity contribution is 0.0944. The Kier molecular flexibility index (Phi) is 4.21. The average molecular weight is 289 g/mol. The number of aromatic amines is 1. The Morgan fingerprint density at radius 3 is 2.67 bits per heavy atom. The van der Waals surface area contributed by atoms with Crippen LogP contribution in [0.4, 0.5) is 0 Å². The highest BCUT2D eigenvalue weighted by Gasteiger charge is 2.19. The molecule has 2 aromatic rings. The van der Waals surface area contributed by atoms with Gasteiger partial charge in [0.15, 0.2) is 11.6 Å². The van der Waals surface area contributed by atoms with Crippen molar-refractivity contribution >= 4 is 11.7 Å². The molecular weight excluding hydrogens is 270 g/mol. The Morgan fingerprint density at radius 2 is 2.10 bits per heavy atom. The van der Waals surface area contributed by atoms with E-state index in [2.05, 4.69) is 20.5 Å². The minimum atomic E-state index is -0.256. The van der Waals surface area contributed by atoms with E-state index < -0.39 is 0 Å². The molecule has 1 amide bonds. The Balaban J connectivity index is 2.14. The van der Waals surface area contributed by atoms with E-state index >= 15 is 0 Å². The number of nitrogens with one attached hydrogen (secondary N) is 2. The van der Waals surface area contributed by atoms with Crippen molar-refractivity contribution in [2.75, 3.05) is 0 Å². The fourth-order valence-corrected chi connectivity index (χ4v) is 2.43.